The smallest absolute Gasteiger partial charge is 0.293 e. The van der Waals surface area contributed by atoms with Crippen LogP contribution in [-0.2, 0) is 14.1 Å². The standard InChI is InChI=1S/C22H17FN4O4/c1-10-6-11(23)7-15-18(10)31-19-12(4-5-26(2)22(19)30)14-9-27(3)21(29)17-13(14)8-16(24-17)20(28)25-15/h4-9,24H,1-3H3,(H,25,28). The van der Waals surface area contributed by atoms with Gasteiger partial charge in [0.05, 0.1) is 5.69 Å². The zero-order chi connectivity index (χ0) is 22.0. The molecule has 0 radical (unpaired) electrons. The number of hydrogen-bond acceptors (Lipinski definition) is 4. The lowest BCUT2D eigenvalue weighted by molar-refractivity contribution is 0.102. The van der Waals surface area contributed by atoms with Gasteiger partial charge >= 0.3 is 0 Å². The van der Waals surface area contributed by atoms with E-state index in [1.807, 2.05) is 0 Å². The molecule has 31 heavy (non-hydrogen) atoms. The highest BCUT2D eigenvalue weighted by molar-refractivity contribution is 6.09. The number of rotatable bonds is 0. The molecular weight excluding hydrogens is 403 g/mol. The fourth-order valence-corrected chi connectivity index (χ4v) is 3.84. The Morgan fingerprint density at radius 1 is 0.968 bits per heavy atom. The van der Waals surface area contributed by atoms with Crippen LogP contribution in [0.1, 0.15) is 16.1 Å². The Bertz CT molecular complexity index is 1540. The maximum atomic E-state index is 14.1. The Labute approximate surface area is 174 Å². The maximum Gasteiger partial charge on any atom is 0.293 e. The van der Waals surface area contributed by atoms with Gasteiger partial charge in [0.2, 0.25) is 5.75 Å². The molecule has 0 saturated carbocycles. The third-order valence-corrected chi connectivity index (χ3v) is 5.42. The molecule has 2 N–H and O–H groups in total. The second-order valence-electron chi connectivity index (χ2n) is 7.56. The first kappa shape index (κ1) is 18.9. The van der Waals surface area contributed by atoms with Crippen molar-refractivity contribution in [1.29, 1.82) is 0 Å². The molecule has 156 valence electrons. The van der Waals surface area contributed by atoms with Gasteiger partial charge in [0.15, 0.2) is 5.75 Å². The molecule has 3 aromatic heterocycles. The molecule has 1 aliphatic rings. The number of carbonyl (C=O) groups excluding carboxylic acids is 1. The molecule has 8 nitrogen and oxygen atoms in total. The van der Waals surface area contributed by atoms with E-state index in [1.54, 1.807) is 45.5 Å². The minimum atomic E-state index is -0.571. The van der Waals surface area contributed by atoms with E-state index in [4.69, 9.17) is 4.74 Å². The summed E-state index contributed by atoms with van der Waals surface area (Å²) in [5.41, 5.74) is 1.06. The second-order valence-corrected chi connectivity index (χ2v) is 7.56. The zero-order valence-corrected chi connectivity index (χ0v) is 16.9. The van der Waals surface area contributed by atoms with Crippen LogP contribution in [-0.4, -0.2) is 20.0 Å². The summed E-state index contributed by atoms with van der Waals surface area (Å²) in [6.07, 6.45) is 3.19. The van der Waals surface area contributed by atoms with Crippen molar-refractivity contribution in [2.24, 2.45) is 14.1 Å². The number of aromatic nitrogens is 3. The number of aromatic amines is 1. The molecule has 9 heteroatoms. The molecule has 5 rings (SSSR count). The van der Waals surface area contributed by atoms with Gasteiger partial charge in [0, 0.05) is 49.1 Å². The SMILES string of the molecule is Cc1cc(F)cc2c1Oc1c(ccn(C)c1=O)-c1cn(C)c(=O)c3[nH]c(cc13)C(=O)N2. The monoisotopic (exact) mass is 420 g/mol. The van der Waals surface area contributed by atoms with Crippen molar-refractivity contribution in [2.45, 2.75) is 6.92 Å². The molecule has 1 amide bonds. The van der Waals surface area contributed by atoms with Crippen LogP contribution in [0.25, 0.3) is 22.0 Å². The number of aryl methyl sites for hydroxylation is 3. The molecule has 0 spiro atoms. The molecule has 1 aromatic carbocycles. The van der Waals surface area contributed by atoms with Crippen molar-refractivity contribution in [3.63, 3.8) is 0 Å². The summed E-state index contributed by atoms with van der Waals surface area (Å²) in [5, 5.41) is 3.10. The number of pyridine rings is 2. The number of benzene rings is 1. The molecule has 4 heterocycles. The van der Waals surface area contributed by atoms with Gasteiger partial charge in [-0.25, -0.2) is 4.39 Å². The molecule has 0 atom stereocenters. The largest absolute Gasteiger partial charge is 0.448 e. The number of nitrogens with one attached hydrogen (secondary N) is 2. The van der Waals surface area contributed by atoms with Crippen molar-refractivity contribution in [2.75, 3.05) is 5.32 Å². The number of H-pyrrole nitrogens is 1. The summed E-state index contributed by atoms with van der Waals surface area (Å²) >= 11 is 0. The highest BCUT2D eigenvalue weighted by Crippen LogP contribution is 2.39. The lowest BCUT2D eigenvalue weighted by atomic mass is 10.0. The summed E-state index contributed by atoms with van der Waals surface area (Å²) < 4.78 is 22.9. The quantitative estimate of drug-likeness (QED) is 0.457. The van der Waals surface area contributed by atoms with E-state index in [9.17, 15) is 18.8 Å². The average molecular weight is 420 g/mol. The fourth-order valence-electron chi connectivity index (χ4n) is 3.84. The zero-order valence-electron chi connectivity index (χ0n) is 16.9. The predicted octanol–water partition coefficient (Wildman–Crippen LogP) is 3.04. The first-order valence-corrected chi connectivity index (χ1v) is 9.46. The molecule has 0 saturated heterocycles. The van der Waals surface area contributed by atoms with E-state index < -0.39 is 17.3 Å². The van der Waals surface area contributed by atoms with E-state index in [0.29, 0.717) is 22.1 Å². The van der Waals surface area contributed by atoms with E-state index in [1.165, 1.54) is 15.2 Å². The number of amides is 1. The molecule has 0 aliphatic carbocycles. The summed E-state index contributed by atoms with van der Waals surface area (Å²) in [5.74, 6) is -0.979. The van der Waals surface area contributed by atoms with E-state index >= 15 is 0 Å². The number of halogens is 1. The van der Waals surface area contributed by atoms with Crippen LogP contribution in [0.5, 0.6) is 11.5 Å². The Kier molecular flexibility index (Phi) is 3.91. The lowest BCUT2D eigenvalue weighted by Gasteiger charge is -2.18. The van der Waals surface area contributed by atoms with E-state index in [0.717, 1.165) is 6.07 Å². The first-order valence-electron chi connectivity index (χ1n) is 9.46. The minimum absolute atomic E-state index is 0.000180. The van der Waals surface area contributed by atoms with Crippen molar-refractivity contribution in [1.82, 2.24) is 14.1 Å². The number of ether oxygens (including phenoxy) is 1. The normalized spacial score (nSPS) is 12.7. The minimum Gasteiger partial charge on any atom is -0.448 e. The van der Waals surface area contributed by atoms with Crippen LogP contribution in [0.15, 0.2) is 46.2 Å². The van der Waals surface area contributed by atoms with Gasteiger partial charge in [0.1, 0.15) is 17.0 Å². The average Bonchev–Trinajstić information content (AvgIpc) is 3.15. The van der Waals surface area contributed by atoms with Gasteiger partial charge in [0.25, 0.3) is 17.0 Å². The second kappa shape index (κ2) is 6.43. The molecule has 0 unspecified atom stereocenters. The van der Waals surface area contributed by atoms with Crippen molar-refractivity contribution in [3.05, 3.63) is 74.4 Å². The lowest BCUT2D eigenvalue weighted by Crippen LogP contribution is -2.21. The maximum absolute atomic E-state index is 14.1. The Hall–Kier alpha value is -4.14. The van der Waals surface area contributed by atoms with Gasteiger partial charge in [-0.2, -0.15) is 0 Å². The van der Waals surface area contributed by atoms with Crippen LogP contribution in [0.2, 0.25) is 0 Å². The van der Waals surface area contributed by atoms with Crippen LogP contribution in [0.3, 0.4) is 0 Å². The Balaban J connectivity index is 1.95. The van der Waals surface area contributed by atoms with E-state index in [2.05, 4.69) is 10.3 Å². The third kappa shape index (κ3) is 2.77. The topological polar surface area (TPSA) is 98.1 Å². The number of anilines is 1. The van der Waals surface area contributed by atoms with Gasteiger partial charge in [-0.05, 0) is 30.7 Å². The van der Waals surface area contributed by atoms with E-state index in [-0.39, 0.29) is 34.0 Å². The highest BCUT2D eigenvalue weighted by atomic mass is 19.1. The molecule has 4 aromatic rings. The first-order chi connectivity index (χ1) is 14.7. The van der Waals surface area contributed by atoms with Gasteiger partial charge in [-0.1, -0.05) is 0 Å². The number of hydrogen-bond donors (Lipinski definition) is 2. The van der Waals surface area contributed by atoms with Gasteiger partial charge in [-0.3, -0.25) is 14.4 Å². The van der Waals surface area contributed by atoms with Gasteiger partial charge in [-0.15, -0.1) is 0 Å². The van der Waals surface area contributed by atoms with Crippen molar-refractivity contribution in [3.8, 4) is 22.6 Å². The summed E-state index contributed by atoms with van der Waals surface area (Å²) in [6, 6.07) is 5.62. The molecular formula is C22H17FN4O4. The molecule has 1 aliphatic heterocycles. The predicted molar refractivity (Wildman–Crippen MR) is 113 cm³/mol. The number of carbonyl (C=O) groups is 1. The number of fused-ring (bicyclic) bond motifs is 4. The van der Waals surface area contributed by atoms with Crippen LogP contribution >= 0.6 is 0 Å². The Morgan fingerprint density at radius 2 is 1.74 bits per heavy atom. The highest BCUT2D eigenvalue weighted by Gasteiger charge is 2.24. The van der Waals surface area contributed by atoms with Gasteiger partial charge < -0.3 is 24.2 Å². The summed E-state index contributed by atoms with van der Waals surface area (Å²) in [6.45, 7) is 1.62. The fraction of sp³-hybridized carbons (Fsp3) is 0.136. The third-order valence-electron chi connectivity index (χ3n) is 5.42. The number of nitrogens with zero attached hydrogens (tertiary/aromatic N) is 2. The van der Waals surface area contributed by atoms with Crippen molar-refractivity contribution < 1.29 is 13.9 Å². The molecule has 2 bridgehead atoms. The van der Waals surface area contributed by atoms with Crippen LogP contribution < -0.4 is 21.2 Å². The van der Waals surface area contributed by atoms with Crippen LogP contribution in [0, 0.1) is 12.7 Å². The summed E-state index contributed by atoms with van der Waals surface area (Å²) in [7, 11) is 3.17. The van der Waals surface area contributed by atoms with Crippen molar-refractivity contribution >= 4 is 22.5 Å². The Morgan fingerprint density at radius 3 is 2.52 bits per heavy atom. The molecule has 0 fully saturated rings. The summed E-state index contributed by atoms with van der Waals surface area (Å²) in [4.78, 5) is 41.5. The van der Waals surface area contributed by atoms with Crippen LogP contribution in [0.4, 0.5) is 10.1 Å².